The molecule has 1 spiro atoms. The van der Waals surface area contributed by atoms with E-state index in [1.165, 1.54) is 4.90 Å². The quantitative estimate of drug-likeness (QED) is 0.765. The molecule has 1 saturated carbocycles. The summed E-state index contributed by atoms with van der Waals surface area (Å²) in [6.07, 6.45) is 3.92. The molecule has 1 aliphatic carbocycles. The van der Waals surface area contributed by atoms with Crippen molar-refractivity contribution < 1.29 is 14.4 Å². The fourth-order valence-corrected chi connectivity index (χ4v) is 3.02. The second-order valence-electron chi connectivity index (χ2n) is 4.67. The predicted molar refractivity (Wildman–Crippen MR) is 64.5 cm³/mol. The van der Waals surface area contributed by atoms with Crippen molar-refractivity contribution in [3.63, 3.8) is 0 Å². The van der Waals surface area contributed by atoms with E-state index in [1.807, 2.05) is 13.2 Å². The fourth-order valence-electron chi connectivity index (χ4n) is 2.38. The Kier molecular flexibility index (Phi) is 3.16. The van der Waals surface area contributed by atoms with E-state index < -0.39 is 17.4 Å². The molecule has 1 N–H and O–H groups in total. The summed E-state index contributed by atoms with van der Waals surface area (Å²) in [6, 6.07) is -0.748. The van der Waals surface area contributed by atoms with Crippen LogP contribution in [-0.4, -0.2) is 40.8 Å². The summed E-state index contributed by atoms with van der Waals surface area (Å²) in [4.78, 5) is 37.0. The smallest absolute Gasteiger partial charge is 0.277 e. The molecule has 1 unspecified atom stereocenters. The molecule has 2 rings (SSSR count). The lowest BCUT2D eigenvalue weighted by Crippen LogP contribution is -2.68. The monoisotopic (exact) mass is 256 g/mol. The van der Waals surface area contributed by atoms with Gasteiger partial charge in [0.15, 0.2) is 0 Å². The van der Waals surface area contributed by atoms with Gasteiger partial charge in [-0.1, -0.05) is 6.42 Å². The molecule has 94 valence electrons. The topological polar surface area (TPSA) is 66.5 Å². The van der Waals surface area contributed by atoms with E-state index in [9.17, 15) is 14.4 Å². The highest BCUT2D eigenvalue weighted by atomic mass is 32.2. The maximum absolute atomic E-state index is 12.3. The minimum absolute atomic E-state index is 0.178. The van der Waals surface area contributed by atoms with Crippen LogP contribution >= 0.6 is 11.8 Å². The van der Waals surface area contributed by atoms with Crippen LogP contribution in [0.2, 0.25) is 0 Å². The lowest BCUT2D eigenvalue weighted by atomic mass is 9.66. The number of rotatable bonds is 3. The van der Waals surface area contributed by atoms with Gasteiger partial charge in [-0.15, -0.1) is 0 Å². The Bertz CT molecular complexity index is 379. The summed E-state index contributed by atoms with van der Waals surface area (Å²) in [7, 11) is 0. The fraction of sp³-hybridized carbons (Fsp3) is 0.727. The number of carbonyl (C=O) groups excluding carboxylic acids is 3. The number of imide groups is 2. The number of barbiturate groups is 1. The second kappa shape index (κ2) is 4.33. The van der Waals surface area contributed by atoms with E-state index in [0.29, 0.717) is 18.6 Å². The third kappa shape index (κ3) is 1.74. The molecule has 1 saturated heterocycles. The highest BCUT2D eigenvalue weighted by Crippen LogP contribution is 2.44. The summed E-state index contributed by atoms with van der Waals surface area (Å²) >= 11 is 1.58. The Balaban J connectivity index is 2.24. The molecule has 0 aromatic heterocycles. The molecule has 0 aromatic rings. The van der Waals surface area contributed by atoms with Gasteiger partial charge in [0, 0.05) is 11.8 Å². The maximum Gasteiger partial charge on any atom is 0.331 e. The van der Waals surface area contributed by atoms with Crippen molar-refractivity contribution in [1.82, 2.24) is 10.2 Å². The maximum atomic E-state index is 12.3. The number of nitrogens with zero attached hydrogens (tertiary/aromatic N) is 1. The van der Waals surface area contributed by atoms with Crippen molar-refractivity contribution in [2.75, 3.05) is 12.0 Å². The summed E-state index contributed by atoms with van der Waals surface area (Å²) in [5.74, 6) is -0.0333. The van der Waals surface area contributed by atoms with Gasteiger partial charge in [-0.05, 0) is 26.0 Å². The van der Waals surface area contributed by atoms with E-state index in [1.54, 1.807) is 11.8 Å². The number of thioether (sulfide) groups is 1. The molecule has 6 heteroatoms. The molecule has 2 aliphatic rings. The van der Waals surface area contributed by atoms with Crippen molar-refractivity contribution in [1.29, 1.82) is 0 Å². The average Bonchev–Trinajstić information content (AvgIpc) is 2.14. The van der Waals surface area contributed by atoms with Crippen molar-refractivity contribution in [3.8, 4) is 0 Å². The van der Waals surface area contributed by atoms with Crippen LogP contribution in [0.4, 0.5) is 4.79 Å². The zero-order valence-electron chi connectivity index (χ0n) is 9.99. The molecule has 1 aliphatic heterocycles. The summed E-state index contributed by atoms with van der Waals surface area (Å²) in [5.41, 5.74) is -0.944. The third-order valence-corrected chi connectivity index (χ3v) is 4.37. The lowest BCUT2D eigenvalue weighted by molar-refractivity contribution is -0.158. The molecule has 0 radical (unpaired) electrons. The third-order valence-electron chi connectivity index (χ3n) is 3.56. The van der Waals surface area contributed by atoms with E-state index in [-0.39, 0.29) is 11.9 Å². The minimum atomic E-state index is -0.944. The van der Waals surface area contributed by atoms with Gasteiger partial charge in [0.05, 0.1) is 0 Å². The van der Waals surface area contributed by atoms with Crippen molar-refractivity contribution >= 4 is 29.6 Å². The normalized spacial score (nSPS) is 24.6. The zero-order chi connectivity index (χ0) is 12.6. The molecular formula is C11H16N2O3S. The zero-order valence-corrected chi connectivity index (χ0v) is 10.8. The van der Waals surface area contributed by atoms with E-state index in [2.05, 4.69) is 5.32 Å². The Morgan fingerprint density at radius 1 is 1.41 bits per heavy atom. The number of amides is 4. The molecule has 1 atom stereocenters. The Labute approximate surface area is 104 Å². The average molecular weight is 256 g/mol. The molecule has 5 nitrogen and oxygen atoms in total. The largest absolute Gasteiger partial charge is 0.331 e. The number of urea groups is 1. The molecule has 0 bridgehead atoms. The van der Waals surface area contributed by atoms with Crippen LogP contribution < -0.4 is 5.32 Å². The van der Waals surface area contributed by atoms with Gasteiger partial charge >= 0.3 is 6.03 Å². The molecule has 1 heterocycles. The first kappa shape index (κ1) is 12.4. The summed E-state index contributed by atoms with van der Waals surface area (Å²) < 4.78 is 0. The van der Waals surface area contributed by atoms with Crippen LogP contribution in [0.15, 0.2) is 0 Å². The highest BCUT2D eigenvalue weighted by Gasteiger charge is 2.57. The molecular weight excluding hydrogens is 240 g/mol. The van der Waals surface area contributed by atoms with Crippen molar-refractivity contribution in [2.24, 2.45) is 5.41 Å². The van der Waals surface area contributed by atoms with Gasteiger partial charge in [-0.25, -0.2) is 4.79 Å². The van der Waals surface area contributed by atoms with Gasteiger partial charge in [-0.3, -0.25) is 19.8 Å². The predicted octanol–water partition coefficient (Wildman–Crippen LogP) is 0.987. The molecule has 4 amide bonds. The van der Waals surface area contributed by atoms with Crippen LogP contribution in [-0.2, 0) is 9.59 Å². The van der Waals surface area contributed by atoms with Crippen LogP contribution in [0.3, 0.4) is 0 Å². The van der Waals surface area contributed by atoms with Crippen LogP contribution in [0.25, 0.3) is 0 Å². The summed E-state index contributed by atoms with van der Waals surface area (Å²) in [6.45, 7) is 1.83. The molecule has 2 fully saturated rings. The minimum Gasteiger partial charge on any atom is -0.277 e. The van der Waals surface area contributed by atoms with Crippen molar-refractivity contribution in [2.45, 2.75) is 32.2 Å². The van der Waals surface area contributed by atoms with Crippen molar-refractivity contribution in [3.05, 3.63) is 0 Å². The summed E-state index contributed by atoms with van der Waals surface area (Å²) in [5, 5.41) is 2.31. The van der Waals surface area contributed by atoms with E-state index in [4.69, 9.17) is 0 Å². The molecule has 17 heavy (non-hydrogen) atoms. The van der Waals surface area contributed by atoms with Gasteiger partial charge in [0.2, 0.25) is 11.8 Å². The SMILES string of the molecule is CSCC(C)N1C(=O)NC(=O)C2(CCC2)C1=O. The lowest BCUT2D eigenvalue weighted by Gasteiger charge is -2.46. The van der Waals surface area contributed by atoms with E-state index >= 15 is 0 Å². The highest BCUT2D eigenvalue weighted by molar-refractivity contribution is 7.98. The Morgan fingerprint density at radius 3 is 2.53 bits per heavy atom. The Hall–Kier alpha value is -1.04. The Morgan fingerprint density at radius 2 is 2.06 bits per heavy atom. The molecule has 0 aromatic carbocycles. The van der Waals surface area contributed by atoms with Crippen LogP contribution in [0.5, 0.6) is 0 Å². The first-order chi connectivity index (χ1) is 8.03. The first-order valence-electron chi connectivity index (χ1n) is 5.71. The standard InChI is InChI=1S/C11H16N2O3S/c1-7(6-17-2)13-9(15)11(4-3-5-11)8(14)12-10(13)16/h7H,3-6H2,1-2H3,(H,12,14,16). The first-order valence-corrected chi connectivity index (χ1v) is 7.10. The number of hydrogen-bond acceptors (Lipinski definition) is 4. The van der Waals surface area contributed by atoms with Crippen LogP contribution in [0, 0.1) is 5.41 Å². The van der Waals surface area contributed by atoms with E-state index in [0.717, 1.165) is 6.42 Å². The van der Waals surface area contributed by atoms with Gasteiger partial charge in [0.25, 0.3) is 0 Å². The number of carbonyl (C=O) groups is 3. The number of nitrogens with one attached hydrogen (secondary N) is 1. The van der Waals surface area contributed by atoms with Gasteiger partial charge in [0.1, 0.15) is 5.41 Å². The van der Waals surface area contributed by atoms with Crippen LogP contribution in [0.1, 0.15) is 26.2 Å². The van der Waals surface area contributed by atoms with Gasteiger partial charge < -0.3 is 0 Å². The number of hydrogen-bond donors (Lipinski definition) is 1. The second-order valence-corrected chi connectivity index (χ2v) is 5.59. The van der Waals surface area contributed by atoms with Gasteiger partial charge in [-0.2, -0.15) is 11.8 Å².